The van der Waals surface area contributed by atoms with Crippen molar-refractivity contribution in [2.45, 2.75) is 33.4 Å². The van der Waals surface area contributed by atoms with Gasteiger partial charge in [-0.15, -0.1) is 0 Å². The molecular formula is C14H19FN4O. The number of aryl methyl sites for hydroxylation is 1. The molecule has 0 spiro atoms. The quantitative estimate of drug-likeness (QED) is 0.846. The molecule has 0 aliphatic heterocycles. The van der Waals surface area contributed by atoms with Gasteiger partial charge < -0.3 is 10.1 Å². The lowest BCUT2D eigenvalue weighted by Crippen LogP contribution is -2.13. The molecule has 0 unspecified atom stereocenters. The molecule has 0 atom stereocenters. The topological polar surface area (TPSA) is 52.0 Å². The minimum atomic E-state index is -0.369. The van der Waals surface area contributed by atoms with Gasteiger partial charge in [-0.3, -0.25) is 4.68 Å². The Morgan fingerprint density at radius 2 is 2.20 bits per heavy atom. The van der Waals surface area contributed by atoms with E-state index < -0.39 is 0 Å². The third kappa shape index (κ3) is 3.77. The van der Waals surface area contributed by atoms with Crippen LogP contribution in [0.2, 0.25) is 0 Å². The summed E-state index contributed by atoms with van der Waals surface area (Å²) in [4.78, 5) is 4.01. The summed E-state index contributed by atoms with van der Waals surface area (Å²) >= 11 is 0. The van der Waals surface area contributed by atoms with Gasteiger partial charge in [0.25, 0.3) is 0 Å². The molecule has 2 rings (SSSR count). The van der Waals surface area contributed by atoms with Crippen LogP contribution in [0, 0.1) is 5.82 Å². The van der Waals surface area contributed by atoms with E-state index in [4.69, 9.17) is 4.74 Å². The zero-order valence-corrected chi connectivity index (χ0v) is 11.8. The molecular weight excluding hydrogens is 259 g/mol. The van der Waals surface area contributed by atoms with Gasteiger partial charge in [-0.1, -0.05) is 13.8 Å². The Balaban J connectivity index is 2.14. The van der Waals surface area contributed by atoms with Crippen molar-refractivity contribution >= 4 is 0 Å². The minimum Gasteiger partial charge on any atom is -0.435 e. The summed E-state index contributed by atoms with van der Waals surface area (Å²) in [5, 5.41) is 7.32. The predicted octanol–water partition coefficient (Wildman–Crippen LogP) is 2.73. The second-order valence-corrected chi connectivity index (χ2v) is 4.44. The van der Waals surface area contributed by atoms with Crippen molar-refractivity contribution in [3.8, 4) is 11.6 Å². The fourth-order valence-corrected chi connectivity index (χ4v) is 1.81. The summed E-state index contributed by atoms with van der Waals surface area (Å²) in [5.41, 5.74) is 0.690. The molecule has 0 saturated carbocycles. The van der Waals surface area contributed by atoms with Crippen molar-refractivity contribution in [2.24, 2.45) is 0 Å². The van der Waals surface area contributed by atoms with E-state index in [9.17, 15) is 4.39 Å². The van der Waals surface area contributed by atoms with Crippen LogP contribution in [0.3, 0.4) is 0 Å². The van der Waals surface area contributed by atoms with Crippen LogP contribution in [0.4, 0.5) is 4.39 Å². The molecule has 0 aliphatic rings. The molecule has 0 bridgehead atoms. The van der Waals surface area contributed by atoms with Gasteiger partial charge in [-0.2, -0.15) is 5.10 Å². The van der Waals surface area contributed by atoms with Crippen molar-refractivity contribution in [1.82, 2.24) is 20.1 Å². The zero-order valence-electron chi connectivity index (χ0n) is 11.8. The fraction of sp³-hybridized carbons (Fsp3) is 0.429. The maximum absolute atomic E-state index is 13.3. The Morgan fingerprint density at radius 1 is 1.35 bits per heavy atom. The number of hydrogen-bond donors (Lipinski definition) is 1. The summed E-state index contributed by atoms with van der Waals surface area (Å²) in [7, 11) is 0. The van der Waals surface area contributed by atoms with E-state index in [0.717, 1.165) is 25.7 Å². The number of nitrogens with zero attached hydrogens (tertiary/aromatic N) is 3. The summed E-state index contributed by atoms with van der Waals surface area (Å²) in [5.74, 6) is 0.644. The summed E-state index contributed by atoms with van der Waals surface area (Å²) in [6, 6.07) is 1.43. The molecule has 6 heteroatoms. The van der Waals surface area contributed by atoms with Crippen LogP contribution < -0.4 is 10.1 Å². The molecule has 0 aromatic carbocycles. The molecule has 0 fully saturated rings. The second-order valence-electron chi connectivity index (χ2n) is 4.44. The number of hydrogen-bond acceptors (Lipinski definition) is 4. The maximum Gasteiger partial charge on any atom is 0.224 e. The van der Waals surface area contributed by atoms with Gasteiger partial charge in [0.15, 0.2) is 5.75 Å². The van der Waals surface area contributed by atoms with Crippen molar-refractivity contribution < 1.29 is 9.13 Å². The average Bonchev–Trinajstić information content (AvgIpc) is 2.87. The Morgan fingerprint density at radius 3 is 2.95 bits per heavy atom. The first kappa shape index (κ1) is 14.5. The predicted molar refractivity (Wildman–Crippen MR) is 74.2 cm³/mol. The smallest absolute Gasteiger partial charge is 0.224 e. The fourth-order valence-electron chi connectivity index (χ4n) is 1.81. The minimum absolute atomic E-state index is 0.369. The summed E-state index contributed by atoms with van der Waals surface area (Å²) in [6.07, 6.45) is 5.60. The second kappa shape index (κ2) is 7.00. The van der Waals surface area contributed by atoms with Gasteiger partial charge in [0, 0.05) is 18.7 Å². The lowest BCUT2D eigenvalue weighted by Gasteiger charge is -2.09. The number of aromatic nitrogens is 3. The number of nitrogens with one attached hydrogen (secondary N) is 1. The van der Waals surface area contributed by atoms with Crippen LogP contribution in [-0.4, -0.2) is 21.3 Å². The molecule has 2 aromatic heterocycles. The summed E-state index contributed by atoms with van der Waals surface area (Å²) < 4.78 is 20.8. The normalized spacial score (nSPS) is 10.8. The highest BCUT2D eigenvalue weighted by atomic mass is 19.1. The molecule has 2 aromatic rings. The molecule has 2 heterocycles. The molecule has 0 saturated heterocycles. The lowest BCUT2D eigenvalue weighted by atomic mass is 10.2. The van der Waals surface area contributed by atoms with Crippen molar-refractivity contribution in [2.75, 3.05) is 6.54 Å². The van der Waals surface area contributed by atoms with Crippen molar-refractivity contribution in [3.63, 3.8) is 0 Å². The third-order valence-electron chi connectivity index (χ3n) is 2.73. The molecule has 1 N–H and O–H groups in total. The van der Waals surface area contributed by atoms with Gasteiger partial charge in [-0.25, -0.2) is 9.37 Å². The van der Waals surface area contributed by atoms with Crippen LogP contribution >= 0.6 is 0 Å². The first-order valence-corrected chi connectivity index (χ1v) is 6.78. The molecule has 108 valence electrons. The van der Waals surface area contributed by atoms with E-state index in [2.05, 4.69) is 22.3 Å². The number of rotatable bonds is 7. The van der Waals surface area contributed by atoms with E-state index in [1.165, 1.54) is 6.07 Å². The van der Waals surface area contributed by atoms with E-state index in [0.29, 0.717) is 23.7 Å². The van der Waals surface area contributed by atoms with Gasteiger partial charge in [0.05, 0.1) is 18.6 Å². The maximum atomic E-state index is 13.3. The average molecular weight is 278 g/mol. The number of halogens is 1. The molecule has 20 heavy (non-hydrogen) atoms. The highest BCUT2D eigenvalue weighted by Crippen LogP contribution is 2.23. The van der Waals surface area contributed by atoms with E-state index in [1.54, 1.807) is 6.20 Å². The third-order valence-corrected chi connectivity index (χ3v) is 2.73. The Hall–Kier alpha value is -1.95. The first-order chi connectivity index (χ1) is 9.72. The first-order valence-electron chi connectivity index (χ1n) is 6.78. The van der Waals surface area contributed by atoms with Crippen molar-refractivity contribution in [3.05, 3.63) is 36.0 Å². The van der Waals surface area contributed by atoms with E-state index >= 15 is 0 Å². The molecule has 0 radical (unpaired) electrons. The van der Waals surface area contributed by atoms with Gasteiger partial charge in [0.1, 0.15) is 5.82 Å². The van der Waals surface area contributed by atoms with E-state index in [-0.39, 0.29) is 5.82 Å². The molecule has 0 aliphatic carbocycles. The van der Waals surface area contributed by atoms with Crippen LogP contribution in [-0.2, 0) is 13.1 Å². The van der Waals surface area contributed by atoms with Crippen LogP contribution in [0.1, 0.15) is 25.8 Å². The van der Waals surface area contributed by atoms with Crippen molar-refractivity contribution in [1.29, 1.82) is 0 Å². The largest absolute Gasteiger partial charge is 0.435 e. The van der Waals surface area contributed by atoms with Gasteiger partial charge in [0.2, 0.25) is 5.88 Å². The lowest BCUT2D eigenvalue weighted by molar-refractivity contribution is 0.447. The number of ether oxygens (including phenoxy) is 1. The standard InChI is InChI=1S/C14H19FN4O/c1-3-5-19-10-13(9-18-19)20-14-11(7-16-4-2)6-12(15)8-17-14/h6,8-10,16H,3-5,7H2,1-2H3. The Labute approximate surface area is 117 Å². The van der Waals surface area contributed by atoms with Crippen LogP contribution in [0.15, 0.2) is 24.7 Å². The Kier molecular flexibility index (Phi) is 5.06. The highest BCUT2D eigenvalue weighted by Gasteiger charge is 2.09. The van der Waals surface area contributed by atoms with Crippen LogP contribution in [0.5, 0.6) is 11.6 Å². The number of pyridine rings is 1. The Bertz CT molecular complexity index is 556. The molecule has 0 amide bonds. The SMILES string of the molecule is CCCn1cc(Oc2ncc(F)cc2CNCC)cn1. The van der Waals surface area contributed by atoms with Gasteiger partial charge in [-0.05, 0) is 19.0 Å². The van der Waals surface area contributed by atoms with Crippen LogP contribution in [0.25, 0.3) is 0 Å². The monoisotopic (exact) mass is 278 g/mol. The highest BCUT2D eigenvalue weighted by molar-refractivity contribution is 5.30. The zero-order chi connectivity index (χ0) is 14.4. The van der Waals surface area contributed by atoms with E-state index in [1.807, 2.05) is 17.8 Å². The van der Waals surface area contributed by atoms with Gasteiger partial charge >= 0.3 is 0 Å². The summed E-state index contributed by atoms with van der Waals surface area (Å²) in [6.45, 7) is 6.22. The molecule has 5 nitrogen and oxygen atoms in total.